The van der Waals surface area contributed by atoms with E-state index >= 15 is 0 Å². The van der Waals surface area contributed by atoms with Crippen LogP contribution in [0.3, 0.4) is 0 Å². The van der Waals surface area contributed by atoms with E-state index in [9.17, 15) is 4.79 Å². The number of urea groups is 1. The number of rotatable bonds is 9. The predicted molar refractivity (Wildman–Crippen MR) is 110 cm³/mol. The van der Waals surface area contributed by atoms with Gasteiger partial charge in [-0.1, -0.05) is 0 Å². The number of nitrogens with two attached hydrogens (primary N) is 1. The fourth-order valence-electron chi connectivity index (χ4n) is 3.33. The Kier molecular flexibility index (Phi) is 6.39. The van der Waals surface area contributed by atoms with Crippen molar-refractivity contribution in [3.8, 4) is 0 Å². The van der Waals surface area contributed by atoms with E-state index in [-0.39, 0.29) is 12.1 Å². The number of imidazole rings is 1. The standard InChI is InChI=1S/C20H32N6O2/c1-12(2)23-20(27)22-7-9-28-10-8-26-16(11-15-5-6-15)25-17-18(26)13(3)14(4)24-19(17)21/h12,15H,5-11H2,1-4H3,(H2,21,24)(H2,22,23,27). The third kappa shape index (κ3) is 4.92. The highest BCUT2D eigenvalue weighted by atomic mass is 16.5. The molecule has 2 amide bonds. The first-order valence-corrected chi connectivity index (χ1v) is 10.1. The third-order valence-electron chi connectivity index (χ3n) is 5.05. The fraction of sp³-hybridized carbons (Fsp3) is 0.650. The molecule has 0 radical (unpaired) electrons. The zero-order valence-electron chi connectivity index (χ0n) is 17.3. The molecule has 4 N–H and O–H groups in total. The molecule has 2 heterocycles. The van der Waals surface area contributed by atoms with Gasteiger partial charge in [0.1, 0.15) is 11.3 Å². The van der Waals surface area contributed by atoms with Crippen molar-refractivity contribution < 1.29 is 9.53 Å². The number of carbonyl (C=O) groups is 1. The average Bonchev–Trinajstić information content (AvgIpc) is 3.35. The fourth-order valence-corrected chi connectivity index (χ4v) is 3.33. The number of aromatic nitrogens is 3. The lowest BCUT2D eigenvalue weighted by atomic mass is 10.2. The Hall–Kier alpha value is -2.35. The Morgan fingerprint density at radius 3 is 2.71 bits per heavy atom. The molecule has 0 aliphatic heterocycles. The molecule has 0 unspecified atom stereocenters. The summed E-state index contributed by atoms with van der Waals surface area (Å²) in [7, 11) is 0. The Balaban J connectivity index is 1.62. The molecule has 2 aromatic heterocycles. The summed E-state index contributed by atoms with van der Waals surface area (Å²) in [5.41, 5.74) is 10.1. The highest BCUT2D eigenvalue weighted by molar-refractivity contribution is 5.88. The van der Waals surface area contributed by atoms with E-state index in [4.69, 9.17) is 15.5 Å². The van der Waals surface area contributed by atoms with Gasteiger partial charge in [-0.05, 0) is 52.0 Å². The number of nitrogens with zero attached hydrogens (tertiary/aromatic N) is 3. The quantitative estimate of drug-likeness (QED) is 0.572. The SMILES string of the molecule is Cc1nc(N)c2nc(CC3CC3)n(CCOCCNC(=O)NC(C)C)c2c1C. The van der Waals surface area contributed by atoms with Gasteiger partial charge in [-0.2, -0.15) is 0 Å². The van der Waals surface area contributed by atoms with Crippen molar-refractivity contribution in [1.29, 1.82) is 0 Å². The number of nitrogen functional groups attached to an aromatic ring is 1. The first kappa shape index (κ1) is 20.4. The van der Waals surface area contributed by atoms with Gasteiger partial charge in [-0.3, -0.25) is 0 Å². The summed E-state index contributed by atoms with van der Waals surface area (Å²) < 4.78 is 7.99. The van der Waals surface area contributed by atoms with Crippen LogP contribution in [0.15, 0.2) is 0 Å². The number of aryl methyl sites for hydroxylation is 2. The Bertz CT molecular complexity index is 841. The van der Waals surface area contributed by atoms with E-state index in [1.165, 1.54) is 12.8 Å². The van der Waals surface area contributed by atoms with Crippen molar-refractivity contribution in [2.75, 3.05) is 25.5 Å². The summed E-state index contributed by atoms with van der Waals surface area (Å²) >= 11 is 0. The van der Waals surface area contributed by atoms with Gasteiger partial charge in [0.2, 0.25) is 0 Å². The molecule has 0 saturated heterocycles. The monoisotopic (exact) mass is 388 g/mol. The molecular formula is C20H32N6O2. The summed E-state index contributed by atoms with van der Waals surface area (Å²) in [4.78, 5) is 20.8. The molecule has 2 aromatic rings. The number of hydrogen-bond acceptors (Lipinski definition) is 5. The summed E-state index contributed by atoms with van der Waals surface area (Å²) in [6.45, 7) is 10.1. The number of fused-ring (bicyclic) bond motifs is 1. The van der Waals surface area contributed by atoms with Gasteiger partial charge in [0.25, 0.3) is 0 Å². The Morgan fingerprint density at radius 1 is 1.29 bits per heavy atom. The molecule has 1 saturated carbocycles. The van der Waals surface area contributed by atoms with E-state index in [2.05, 4.69) is 27.1 Å². The highest BCUT2D eigenvalue weighted by Crippen LogP contribution is 2.34. The Morgan fingerprint density at radius 2 is 2.04 bits per heavy atom. The van der Waals surface area contributed by atoms with E-state index in [1.807, 2.05) is 20.8 Å². The molecule has 28 heavy (non-hydrogen) atoms. The number of hydrogen-bond donors (Lipinski definition) is 3. The molecule has 1 fully saturated rings. The van der Waals surface area contributed by atoms with Crippen molar-refractivity contribution in [3.05, 3.63) is 17.1 Å². The second kappa shape index (κ2) is 8.77. The lowest BCUT2D eigenvalue weighted by Gasteiger charge is -2.13. The maximum Gasteiger partial charge on any atom is 0.315 e. The van der Waals surface area contributed by atoms with Crippen molar-refractivity contribution >= 4 is 22.9 Å². The minimum Gasteiger partial charge on any atom is -0.382 e. The zero-order chi connectivity index (χ0) is 20.3. The van der Waals surface area contributed by atoms with Crippen LogP contribution in [0.5, 0.6) is 0 Å². The molecule has 0 atom stereocenters. The Labute approximate surface area is 166 Å². The molecule has 0 spiro atoms. The minimum absolute atomic E-state index is 0.119. The highest BCUT2D eigenvalue weighted by Gasteiger charge is 2.26. The van der Waals surface area contributed by atoms with Crippen LogP contribution in [0.25, 0.3) is 11.0 Å². The summed E-state index contributed by atoms with van der Waals surface area (Å²) in [6.07, 6.45) is 3.52. The van der Waals surface area contributed by atoms with Crippen LogP contribution in [-0.2, 0) is 17.7 Å². The minimum atomic E-state index is -0.167. The number of anilines is 1. The topological polar surface area (TPSA) is 107 Å². The molecule has 1 aliphatic rings. The van der Waals surface area contributed by atoms with Crippen molar-refractivity contribution in [2.45, 2.75) is 59.5 Å². The summed E-state index contributed by atoms with van der Waals surface area (Å²) in [5, 5.41) is 5.58. The number of amides is 2. The predicted octanol–water partition coefficient (Wildman–Crippen LogP) is 2.31. The van der Waals surface area contributed by atoms with Gasteiger partial charge < -0.3 is 25.7 Å². The van der Waals surface area contributed by atoms with E-state index in [1.54, 1.807) is 0 Å². The smallest absolute Gasteiger partial charge is 0.315 e. The van der Waals surface area contributed by atoms with Crippen LogP contribution < -0.4 is 16.4 Å². The summed E-state index contributed by atoms with van der Waals surface area (Å²) in [5.74, 6) is 2.30. The second-order valence-electron chi connectivity index (χ2n) is 7.90. The van der Waals surface area contributed by atoms with Gasteiger partial charge >= 0.3 is 6.03 Å². The van der Waals surface area contributed by atoms with Gasteiger partial charge in [0, 0.05) is 31.2 Å². The number of ether oxygens (including phenoxy) is 1. The van der Waals surface area contributed by atoms with Crippen molar-refractivity contribution in [3.63, 3.8) is 0 Å². The number of carbonyl (C=O) groups excluding carboxylic acids is 1. The van der Waals surface area contributed by atoms with Crippen molar-refractivity contribution in [1.82, 2.24) is 25.2 Å². The maximum absolute atomic E-state index is 11.6. The van der Waals surface area contributed by atoms with Crippen LogP contribution in [0, 0.1) is 19.8 Å². The molecule has 3 rings (SSSR count). The summed E-state index contributed by atoms with van der Waals surface area (Å²) in [6, 6.07) is -0.0473. The second-order valence-corrected chi connectivity index (χ2v) is 7.90. The van der Waals surface area contributed by atoms with Crippen LogP contribution in [0.1, 0.15) is 43.8 Å². The molecule has 1 aliphatic carbocycles. The van der Waals surface area contributed by atoms with Crippen LogP contribution in [0.2, 0.25) is 0 Å². The molecule has 8 heteroatoms. The normalized spacial score (nSPS) is 14.0. The van der Waals surface area contributed by atoms with E-state index < -0.39 is 0 Å². The van der Waals surface area contributed by atoms with Crippen LogP contribution in [-0.4, -0.2) is 46.4 Å². The molecule has 154 valence electrons. The number of nitrogens with one attached hydrogen (secondary N) is 2. The average molecular weight is 389 g/mol. The van der Waals surface area contributed by atoms with Gasteiger partial charge in [-0.15, -0.1) is 0 Å². The number of pyridine rings is 1. The molecular weight excluding hydrogens is 356 g/mol. The molecule has 0 bridgehead atoms. The van der Waals surface area contributed by atoms with Gasteiger partial charge in [0.15, 0.2) is 5.82 Å². The zero-order valence-corrected chi connectivity index (χ0v) is 17.3. The first-order chi connectivity index (χ1) is 13.4. The largest absolute Gasteiger partial charge is 0.382 e. The van der Waals surface area contributed by atoms with Crippen LogP contribution in [0.4, 0.5) is 10.6 Å². The van der Waals surface area contributed by atoms with Crippen molar-refractivity contribution in [2.24, 2.45) is 5.92 Å². The third-order valence-corrected chi connectivity index (χ3v) is 5.05. The lowest BCUT2D eigenvalue weighted by molar-refractivity contribution is 0.128. The maximum atomic E-state index is 11.6. The van der Waals surface area contributed by atoms with Gasteiger partial charge in [0.05, 0.1) is 18.7 Å². The van der Waals surface area contributed by atoms with E-state index in [0.29, 0.717) is 32.1 Å². The van der Waals surface area contributed by atoms with E-state index in [0.717, 1.165) is 40.5 Å². The molecule has 8 nitrogen and oxygen atoms in total. The van der Waals surface area contributed by atoms with Crippen LogP contribution >= 0.6 is 0 Å². The molecule has 0 aromatic carbocycles. The first-order valence-electron chi connectivity index (χ1n) is 10.1. The van der Waals surface area contributed by atoms with Gasteiger partial charge in [-0.25, -0.2) is 14.8 Å². The lowest BCUT2D eigenvalue weighted by Crippen LogP contribution is -2.40.